The Morgan fingerprint density at radius 2 is 1.86 bits per heavy atom. The molecule has 0 saturated carbocycles. The van der Waals surface area contributed by atoms with E-state index in [2.05, 4.69) is 34.3 Å². The van der Waals surface area contributed by atoms with Crippen LogP contribution in [-0.2, 0) is 11.2 Å². The smallest absolute Gasteiger partial charge is 0.276 e. The highest BCUT2D eigenvalue weighted by molar-refractivity contribution is 5.76. The molecule has 0 aliphatic rings. The lowest BCUT2D eigenvalue weighted by Gasteiger charge is -2.16. The van der Waals surface area contributed by atoms with Crippen LogP contribution in [-0.4, -0.2) is 64.2 Å². The van der Waals surface area contributed by atoms with E-state index in [-0.39, 0.29) is 13.2 Å². The van der Waals surface area contributed by atoms with E-state index in [1.54, 1.807) is 13.2 Å². The van der Waals surface area contributed by atoms with Gasteiger partial charge < -0.3 is 29.5 Å². The summed E-state index contributed by atoms with van der Waals surface area (Å²) >= 11 is 0. The maximum absolute atomic E-state index is 11.1. The van der Waals surface area contributed by atoms with E-state index in [0.717, 1.165) is 28.8 Å². The molecule has 3 N–H and O–H groups in total. The number of aryl methyl sites for hydroxylation is 2. The number of ether oxygens (including phenoxy) is 2. The summed E-state index contributed by atoms with van der Waals surface area (Å²) in [5.74, 6) is 1.90. The van der Waals surface area contributed by atoms with Gasteiger partial charge in [-0.1, -0.05) is 19.0 Å². The minimum absolute atomic E-state index is 0.0146. The largest absolute Gasteiger partial charge is 0.497 e. The van der Waals surface area contributed by atoms with Crippen LogP contribution in [0.3, 0.4) is 0 Å². The molecular weight excluding hydrogens is 452 g/mol. The van der Waals surface area contributed by atoms with Crippen LogP contribution < -0.4 is 14.8 Å². The van der Waals surface area contributed by atoms with Crippen molar-refractivity contribution in [1.29, 1.82) is 0 Å². The fourth-order valence-corrected chi connectivity index (χ4v) is 3.59. The first kappa shape index (κ1) is 26.1. The second-order valence-electron chi connectivity index (χ2n) is 8.77. The Morgan fingerprint density at radius 3 is 2.49 bits per heavy atom. The number of aliphatic hydroxyl groups is 2. The highest BCUT2D eigenvalue weighted by atomic mass is 16.5. The molecule has 0 aliphatic carbocycles. The van der Waals surface area contributed by atoms with Crippen molar-refractivity contribution in [2.24, 2.45) is 5.92 Å². The number of aromatic nitrogens is 3. The van der Waals surface area contributed by atoms with Gasteiger partial charge in [0.1, 0.15) is 36.5 Å². The van der Waals surface area contributed by atoms with Gasteiger partial charge in [-0.15, -0.1) is 0 Å². The molecule has 0 fully saturated rings. The molecule has 0 radical (unpaired) electrons. The van der Waals surface area contributed by atoms with Gasteiger partial charge in [-0.2, -0.15) is 4.98 Å². The summed E-state index contributed by atoms with van der Waals surface area (Å²) < 4.78 is 16.7. The van der Waals surface area contributed by atoms with Crippen molar-refractivity contribution >= 4 is 5.91 Å². The van der Waals surface area contributed by atoms with Crippen molar-refractivity contribution < 1.29 is 29.0 Å². The van der Waals surface area contributed by atoms with Crippen LogP contribution in [0.5, 0.6) is 11.5 Å². The van der Waals surface area contributed by atoms with Crippen LogP contribution in [0.4, 0.5) is 0 Å². The molecule has 3 aromatic rings. The second kappa shape index (κ2) is 11.8. The van der Waals surface area contributed by atoms with Crippen LogP contribution >= 0.6 is 0 Å². The van der Waals surface area contributed by atoms with Gasteiger partial charge >= 0.3 is 0 Å². The lowest BCUT2D eigenvalue weighted by molar-refractivity contribution is -0.124. The molecule has 0 saturated heterocycles. The molecule has 1 aromatic carbocycles. The molecule has 0 spiro atoms. The van der Waals surface area contributed by atoms with Gasteiger partial charge in [-0.25, -0.2) is 4.98 Å². The molecule has 188 valence electrons. The van der Waals surface area contributed by atoms with Crippen molar-refractivity contribution in [3.8, 4) is 34.5 Å². The zero-order valence-electron chi connectivity index (χ0n) is 20.7. The number of carbonyl (C=O) groups excluding carboxylic acids is 1. The Labute approximate surface area is 204 Å². The van der Waals surface area contributed by atoms with Gasteiger partial charge in [-0.3, -0.25) is 4.79 Å². The normalized spacial score (nSPS) is 12.0. The Bertz CT molecular complexity index is 1140. The highest BCUT2D eigenvalue weighted by Crippen LogP contribution is 2.31. The Kier molecular flexibility index (Phi) is 8.78. The molecule has 2 aromatic heterocycles. The molecule has 1 unspecified atom stereocenters. The predicted octanol–water partition coefficient (Wildman–Crippen LogP) is 2.47. The third kappa shape index (κ3) is 7.00. The van der Waals surface area contributed by atoms with Gasteiger partial charge in [0.2, 0.25) is 11.7 Å². The number of nitrogens with one attached hydrogen (secondary N) is 1. The number of benzene rings is 1. The van der Waals surface area contributed by atoms with E-state index >= 15 is 0 Å². The van der Waals surface area contributed by atoms with E-state index in [0.29, 0.717) is 34.8 Å². The standard InChI is InChI=1S/C25H32N4O6/c1-14(2)6-18-9-20(33-5)10-21(27-18)25-28-24(29-35-25)17-7-15(3)23(16(4)8-17)34-13-19(31)11-26-22(32)12-30/h7-10,14,19,30-31H,6,11-13H2,1-5H3,(H,26,32). The van der Waals surface area contributed by atoms with Crippen LogP contribution in [0.25, 0.3) is 23.0 Å². The zero-order valence-corrected chi connectivity index (χ0v) is 20.7. The van der Waals surface area contributed by atoms with Gasteiger partial charge in [0, 0.05) is 29.9 Å². The molecular formula is C25H32N4O6. The molecule has 35 heavy (non-hydrogen) atoms. The number of amides is 1. The number of carbonyl (C=O) groups is 1. The third-order valence-corrected chi connectivity index (χ3v) is 5.17. The minimum Gasteiger partial charge on any atom is -0.497 e. The fourth-order valence-electron chi connectivity index (χ4n) is 3.59. The Morgan fingerprint density at radius 1 is 1.14 bits per heavy atom. The Hall–Kier alpha value is -3.50. The number of hydrogen-bond acceptors (Lipinski definition) is 9. The average Bonchev–Trinajstić information content (AvgIpc) is 3.31. The molecule has 1 amide bonds. The fraction of sp³-hybridized carbons (Fsp3) is 0.440. The summed E-state index contributed by atoms with van der Waals surface area (Å²) in [6, 6.07) is 7.42. The second-order valence-corrected chi connectivity index (χ2v) is 8.77. The van der Waals surface area contributed by atoms with E-state index in [9.17, 15) is 9.90 Å². The van der Waals surface area contributed by atoms with Crippen LogP contribution in [0.2, 0.25) is 0 Å². The van der Waals surface area contributed by atoms with Crippen LogP contribution in [0.15, 0.2) is 28.8 Å². The van der Waals surface area contributed by atoms with Crippen molar-refractivity contribution in [3.63, 3.8) is 0 Å². The summed E-state index contributed by atoms with van der Waals surface area (Å²) in [4.78, 5) is 20.3. The number of methoxy groups -OCH3 is 1. The first-order valence-electron chi connectivity index (χ1n) is 11.4. The molecule has 3 rings (SSSR count). The maximum Gasteiger partial charge on any atom is 0.276 e. The van der Waals surface area contributed by atoms with Crippen molar-refractivity contribution in [1.82, 2.24) is 20.4 Å². The lowest BCUT2D eigenvalue weighted by Crippen LogP contribution is -2.36. The van der Waals surface area contributed by atoms with Gasteiger partial charge in [-0.05, 0) is 49.4 Å². The van der Waals surface area contributed by atoms with Gasteiger partial charge in [0.25, 0.3) is 5.89 Å². The van der Waals surface area contributed by atoms with Crippen molar-refractivity contribution in [3.05, 3.63) is 41.1 Å². The lowest BCUT2D eigenvalue weighted by atomic mass is 10.1. The average molecular weight is 485 g/mol. The molecule has 1 atom stereocenters. The van der Waals surface area contributed by atoms with Crippen LogP contribution in [0.1, 0.15) is 30.7 Å². The molecule has 0 bridgehead atoms. The highest BCUT2D eigenvalue weighted by Gasteiger charge is 2.17. The molecule has 0 aliphatic heterocycles. The van der Waals surface area contributed by atoms with E-state index in [4.69, 9.17) is 19.1 Å². The number of hydrogen-bond donors (Lipinski definition) is 3. The summed E-state index contributed by atoms with van der Waals surface area (Å²) in [7, 11) is 1.61. The summed E-state index contributed by atoms with van der Waals surface area (Å²) in [6.45, 7) is 7.36. The van der Waals surface area contributed by atoms with Gasteiger partial charge in [0.05, 0.1) is 7.11 Å². The monoisotopic (exact) mass is 484 g/mol. The van der Waals surface area contributed by atoms with E-state index in [1.807, 2.05) is 32.0 Å². The number of rotatable bonds is 11. The van der Waals surface area contributed by atoms with Crippen molar-refractivity contribution in [2.75, 3.05) is 26.9 Å². The Balaban J connectivity index is 1.77. The minimum atomic E-state index is -0.917. The molecule has 10 nitrogen and oxygen atoms in total. The summed E-state index contributed by atoms with van der Waals surface area (Å²) in [6.07, 6.45) is -0.118. The van der Waals surface area contributed by atoms with Crippen LogP contribution in [0, 0.1) is 19.8 Å². The number of pyridine rings is 1. The number of nitrogens with zero attached hydrogens (tertiary/aromatic N) is 3. The summed E-state index contributed by atoms with van der Waals surface area (Å²) in [5, 5.41) is 25.3. The predicted molar refractivity (Wildman–Crippen MR) is 129 cm³/mol. The summed E-state index contributed by atoms with van der Waals surface area (Å²) in [5.41, 5.74) is 3.85. The SMILES string of the molecule is COc1cc(CC(C)C)nc(-c2nc(-c3cc(C)c(OCC(O)CNC(=O)CO)c(C)c3)no2)c1. The number of aliphatic hydroxyl groups excluding tert-OH is 2. The quantitative estimate of drug-likeness (QED) is 0.374. The van der Waals surface area contributed by atoms with Gasteiger partial charge in [0.15, 0.2) is 0 Å². The van der Waals surface area contributed by atoms with E-state index in [1.165, 1.54) is 0 Å². The van der Waals surface area contributed by atoms with Crippen molar-refractivity contribution in [2.45, 2.75) is 40.2 Å². The maximum atomic E-state index is 11.1. The van der Waals surface area contributed by atoms with E-state index < -0.39 is 18.6 Å². The molecule has 10 heteroatoms. The zero-order chi connectivity index (χ0) is 25.5. The first-order valence-corrected chi connectivity index (χ1v) is 11.4. The molecule has 2 heterocycles. The third-order valence-electron chi connectivity index (χ3n) is 5.17. The first-order chi connectivity index (χ1) is 16.7. The topological polar surface area (TPSA) is 140 Å².